The summed E-state index contributed by atoms with van der Waals surface area (Å²) in [5, 5.41) is 4.57. The number of halogens is 1. The highest BCUT2D eigenvalue weighted by Crippen LogP contribution is 2.23. The highest BCUT2D eigenvalue weighted by Gasteiger charge is 2.15. The quantitative estimate of drug-likeness (QED) is 0.478. The Morgan fingerprint density at radius 1 is 1.11 bits per heavy atom. The van der Waals surface area contributed by atoms with Gasteiger partial charge in [-0.05, 0) is 23.8 Å². The van der Waals surface area contributed by atoms with E-state index in [0.29, 0.717) is 17.4 Å². The molecule has 0 aliphatic rings. The molecule has 2 aromatic carbocycles. The van der Waals surface area contributed by atoms with Gasteiger partial charge in [0.05, 0.1) is 11.0 Å². The van der Waals surface area contributed by atoms with Gasteiger partial charge in [-0.1, -0.05) is 60.9 Å². The van der Waals surface area contributed by atoms with Crippen molar-refractivity contribution in [3.63, 3.8) is 0 Å². The van der Waals surface area contributed by atoms with E-state index in [1.54, 1.807) is 0 Å². The first-order valence-corrected chi connectivity index (χ1v) is 9.13. The Morgan fingerprint density at radius 3 is 2.67 bits per heavy atom. The summed E-state index contributed by atoms with van der Waals surface area (Å²) in [7, 11) is 0. The van der Waals surface area contributed by atoms with Crippen LogP contribution in [0.5, 0.6) is 6.08 Å². The van der Waals surface area contributed by atoms with E-state index in [2.05, 4.69) is 26.8 Å². The van der Waals surface area contributed by atoms with Crippen LogP contribution in [0.3, 0.4) is 0 Å². The van der Waals surface area contributed by atoms with Gasteiger partial charge in [0.15, 0.2) is 12.4 Å². The van der Waals surface area contributed by atoms with Crippen molar-refractivity contribution in [3.8, 4) is 6.08 Å². The Hall–Kier alpha value is -2.86. The molecule has 27 heavy (non-hydrogen) atoms. The number of benzene rings is 2. The maximum Gasteiger partial charge on any atom is 0.417 e. The predicted molar refractivity (Wildman–Crippen MR) is 103 cm³/mol. The number of fused-ring (bicyclic) bond motifs is 1. The third kappa shape index (κ3) is 3.80. The van der Waals surface area contributed by atoms with Gasteiger partial charge in [-0.3, -0.25) is 4.52 Å². The van der Waals surface area contributed by atoms with Crippen LogP contribution in [0, 0.1) is 0 Å². The van der Waals surface area contributed by atoms with Gasteiger partial charge >= 0.3 is 6.08 Å². The van der Waals surface area contributed by atoms with Crippen LogP contribution in [0.25, 0.3) is 11.0 Å². The molecule has 0 aliphatic carbocycles. The predicted octanol–water partition coefficient (Wildman–Crippen LogP) is 4.82. The summed E-state index contributed by atoms with van der Waals surface area (Å²) in [5.74, 6) is 1.56. The molecular formula is C20H19ClN4O2. The Bertz CT molecular complexity index is 1060. The smallest absolute Gasteiger partial charge is 0.417 e. The second-order valence-corrected chi connectivity index (χ2v) is 7.03. The van der Waals surface area contributed by atoms with Gasteiger partial charge in [-0.25, -0.2) is 4.98 Å². The Labute approximate surface area is 161 Å². The molecule has 0 bridgehead atoms. The third-order valence-electron chi connectivity index (χ3n) is 4.24. The van der Waals surface area contributed by atoms with Crippen molar-refractivity contribution in [2.45, 2.75) is 32.9 Å². The molecule has 0 fully saturated rings. The first-order chi connectivity index (χ1) is 13.1. The lowest BCUT2D eigenvalue weighted by Crippen LogP contribution is -2.08. The van der Waals surface area contributed by atoms with Crippen molar-refractivity contribution < 1.29 is 9.26 Å². The summed E-state index contributed by atoms with van der Waals surface area (Å²) in [6.45, 7) is 4.90. The molecule has 0 radical (unpaired) electrons. The standard InChI is InChI=1S/C20H19ClN4O2/c1-13(2)19-23-20(27-24-19)26-12-18-22-16-10-15(21)8-9-17(16)25(18)11-14-6-4-3-5-7-14/h3-10,13H,11-12H2,1-2H3. The van der Waals surface area contributed by atoms with E-state index >= 15 is 0 Å². The van der Waals surface area contributed by atoms with E-state index in [-0.39, 0.29) is 18.6 Å². The highest BCUT2D eigenvalue weighted by atomic mass is 35.5. The maximum atomic E-state index is 6.13. The van der Waals surface area contributed by atoms with Gasteiger partial charge in [0.1, 0.15) is 5.82 Å². The second-order valence-electron chi connectivity index (χ2n) is 6.59. The molecule has 2 aromatic heterocycles. The first kappa shape index (κ1) is 17.5. The monoisotopic (exact) mass is 382 g/mol. The van der Waals surface area contributed by atoms with Crippen molar-refractivity contribution in [1.29, 1.82) is 0 Å². The molecule has 4 aromatic rings. The zero-order valence-corrected chi connectivity index (χ0v) is 15.8. The third-order valence-corrected chi connectivity index (χ3v) is 4.47. The van der Waals surface area contributed by atoms with Crippen molar-refractivity contribution in [1.82, 2.24) is 19.7 Å². The molecule has 0 atom stereocenters. The second kappa shape index (κ2) is 7.40. The molecule has 6 nitrogen and oxygen atoms in total. The van der Waals surface area contributed by atoms with Crippen LogP contribution >= 0.6 is 11.6 Å². The molecule has 0 spiro atoms. The van der Waals surface area contributed by atoms with Crippen LogP contribution in [0.2, 0.25) is 5.02 Å². The molecule has 0 saturated heterocycles. The fourth-order valence-corrected chi connectivity index (χ4v) is 3.01. The number of imidazole rings is 1. The molecule has 0 amide bonds. The van der Waals surface area contributed by atoms with Crippen LogP contribution in [-0.4, -0.2) is 19.7 Å². The number of hydrogen-bond donors (Lipinski definition) is 0. The number of hydrogen-bond acceptors (Lipinski definition) is 5. The van der Waals surface area contributed by atoms with Crippen molar-refractivity contribution >= 4 is 22.6 Å². The summed E-state index contributed by atoms with van der Waals surface area (Å²) < 4.78 is 13.0. The summed E-state index contributed by atoms with van der Waals surface area (Å²) in [5.41, 5.74) is 2.99. The maximum absolute atomic E-state index is 6.13. The Balaban J connectivity index is 1.64. The number of nitrogens with zero attached hydrogens (tertiary/aromatic N) is 4. The zero-order chi connectivity index (χ0) is 18.8. The van der Waals surface area contributed by atoms with E-state index in [9.17, 15) is 0 Å². The lowest BCUT2D eigenvalue weighted by Gasteiger charge is -2.09. The van der Waals surface area contributed by atoms with Gasteiger partial charge in [0, 0.05) is 17.5 Å². The molecule has 2 heterocycles. The summed E-state index contributed by atoms with van der Waals surface area (Å²) in [6.07, 6.45) is 0.148. The van der Waals surface area contributed by atoms with Gasteiger partial charge < -0.3 is 9.30 Å². The molecule has 0 saturated carbocycles. The van der Waals surface area contributed by atoms with Gasteiger partial charge in [-0.2, -0.15) is 4.98 Å². The van der Waals surface area contributed by atoms with Gasteiger partial charge in [0.2, 0.25) is 0 Å². The lowest BCUT2D eigenvalue weighted by molar-refractivity contribution is 0.188. The fraction of sp³-hybridized carbons (Fsp3) is 0.250. The Morgan fingerprint density at radius 2 is 1.93 bits per heavy atom. The van der Waals surface area contributed by atoms with E-state index in [1.807, 2.05) is 50.2 Å². The summed E-state index contributed by atoms with van der Waals surface area (Å²) in [6, 6.07) is 15.9. The molecule has 4 rings (SSSR count). The molecule has 0 unspecified atom stereocenters. The van der Waals surface area contributed by atoms with E-state index in [1.165, 1.54) is 5.56 Å². The highest BCUT2D eigenvalue weighted by molar-refractivity contribution is 6.31. The zero-order valence-electron chi connectivity index (χ0n) is 15.1. The van der Waals surface area contributed by atoms with Crippen LogP contribution in [0.15, 0.2) is 53.1 Å². The topological polar surface area (TPSA) is 66.0 Å². The van der Waals surface area contributed by atoms with E-state index in [0.717, 1.165) is 16.9 Å². The fourth-order valence-electron chi connectivity index (χ4n) is 2.85. The average Bonchev–Trinajstić information content (AvgIpc) is 3.26. The lowest BCUT2D eigenvalue weighted by atomic mass is 10.2. The van der Waals surface area contributed by atoms with Crippen molar-refractivity contribution in [2.75, 3.05) is 0 Å². The van der Waals surface area contributed by atoms with Gasteiger partial charge in [-0.15, -0.1) is 0 Å². The van der Waals surface area contributed by atoms with Crippen LogP contribution in [-0.2, 0) is 13.2 Å². The minimum Gasteiger partial charge on any atom is -0.441 e. The molecule has 7 heteroatoms. The van der Waals surface area contributed by atoms with E-state index in [4.69, 9.17) is 25.8 Å². The SMILES string of the molecule is CC(C)c1noc(OCc2nc3cc(Cl)ccc3n2Cc2ccccc2)n1. The average molecular weight is 383 g/mol. The van der Waals surface area contributed by atoms with Gasteiger partial charge in [0.25, 0.3) is 0 Å². The van der Waals surface area contributed by atoms with Crippen LogP contribution in [0.4, 0.5) is 0 Å². The minimum absolute atomic E-state index is 0.148. The largest absolute Gasteiger partial charge is 0.441 e. The normalized spacial score (nSPS) is 11.4. The van der Waals surface area contributed by atoms with Crippen molar-refractivity contribution in [3.05, 3.63) is 70.8 Å². The molecule has 0 N–H and O–H groups in total. The minimum atomic E-state index is 0.148. The summed E-state index contributed by atoms with van der Waals surface area (Å²) in [4.78, 5) is 8.94. The van der Waals surface area contributed by atoms with Crippen LogP contribution in [0.1, 0.15) is 37.0 Å². The summed E-state index contributed by atoms with van der Waals surface area (Å²) >= 11 is 6.13. The molecule has 0 aliphatic heterocycles. The number of rotatable bonds is 6. The molecular weight excluding hydrogens is 364 g/mol. The van der Waals surface area contributed by atoms with E-state index < -0.39 is 0 Å². The first-order valence-electron chi connectivity index (χ1n) is 8.75. The van der Waals surface area contributed by atoms with Crippen LogP contribution < -0.4 is 4.74 Å². The number of ether oxygens (including phenoxy) is 1. The Kier molecular flexibility index (Phi) is 4.81. The number of aromatic nitrogens is 4. The molecule has 138 valence electrons. The van der Waals surface area contributed by atoms with Crippen molar-refractivity contribution in [2.24, 2.45) is 0 Å².